The zero-order chi connectivity index (χ0) is 17.5. The second-order valence-electron chi connectivity index (χ2n) is 5.80. The van der Waals surface area contributed by atoms with Gasteiger partial charge in [0.25, 0.3) is 0 Å². The number of para-hydroxylation sites is 2. The van der Waals surface area contributed by atoms with E-state index in [0.717, 1.165) is 17.9 Å². The number of urea groups is 1. The summed E-state index contributed by atoms with van der Waals surface area (Å²) in [5.74, 6) is 0.499. The summed E-state index contributed by atoms with van der Waals surface area (Å²) in [6, 6.07) is 10.6. The van der Waals surface area contributed by atoms with Gasteiger partial charge in [-0.15, -0.1) is 0 Å². The molecule has 6 heteroatoms. The number of nitrogens with one attached hydrogen (secondary N) is 2. The molecule has 0 spiro atoms. The lowest BCUT2D eigenvalue weighted by Crippen LogP contribution is -2.37. The molecule has 1 heterocycles. The van der Waals surface area contributed by atoms with E-state index in [1.807, 2.05) is 38.2 Å². The molecule has 0 aliphatic carbocycles. The molecular formula is C18H25N3O3. The van der Waals surface area contributed by atoms with E-state index in [1.54, 1.807) is 12.1 Å². The van der Waals surface area contributed by atoms with E-state index in [-0.39, 0.29) is 12.1 Å². The maximum atomic E-state index is 12.2. The third-order valence-corrected chi connectivity index (χ3v) is 3.86. The monoisotopic (exact) mass is 331 g/mol. The van der Waals surface area contributed by atoms with Gasteiger partial charge in [-0.3, -0.25) is 0 Å². The van der Waals surface area contributed by atoms with Gasteiger partial charge in [0.2, 0.25) is 0 Å². The van der Waals surface area contributed by atoms with Gasteiger partial charge in [0.1, 0.15) is 11.9 Å². The molecule has 3 N–H and O–H groups in total. The highest BCUT2D eigenvalue weighted by atomic mass is 16.4. The SMILES string of the molecule is CCN(C)c1ccccc1NC(=O)N[C@H](C)C[C@H](O)c1ccco1. The van der Waals surface area contributed by atoms with Gasteiger partial charge in [0.05, 0.1) is 17.6 Å². The Labute approximate surface area is 142 Å². The molecule has 0 fully saturated rings. The fourth-order valence-electron chi connectivity index (χ4n) is 2.46. The predicted molar refractivity (Wildman–Crippen MR) is 95.3 cm³/mol. The van der Waals surface area contributed by atoms with Crippen molar-refractivity contribution in [3.05, 3.63) is 48.4 Å². The van der Waals surface area contributed by atoms with Crippen molar-refractivity contribution in [1.82, 2.24) is 5.32 Å². The van der Waals surface area contributed by atoms with Gasteiger partial charge < -0.3 is 25.1 Å². The zero-order valence-electron chi connectivity index (χ0n) is 14.3. The zero-order valence-corrected chi connectivity index (χ0v) is 14.3. The Morgan fingerprint density at radius 1 is 1.29 bits per heavy atom. The lowest BCUT2D eigenvalue weighted by molar-refractivity contribution is 0.130. The van der Waals surface area contributed by atoms with Gasteiger partial charge in [-0.1, -0.05) is 12.1 Å². The van der Waals surface area contributed by atoms with Gasteiger partial charge >= 0.3 is 6.03 Å². The average Bonchev–Trinajstić information content (AvgIpc) is 3.09. The Balaban J connectivity index is 1.91. The molecule has 2 amide bonds. The maximum Gasteiger partial charge on any atom is 0.319 e. The number of rotatable bonds is 7. The van der Waals surface area contributed by atoms with Crippen LogP contribution in [0.5, 0.6) is 0 Å². The minimum Gasteiger partial charge on any atom is -0.467 e. The van der Waals surface area contributed by atoms with E-state index in [0.29, 0.717) is 12.2 Å². The highest BCUT2D eigenvalue weighted by Crippen LogP contribution is 2.24. The second-order valence-corrected chi connectivity index (χ2v) is 5.80. The van der Waals surface area contributed by atoms with Crippen LogP contribution in [0, 0.1) is 0 Å². The number of carbonyl (C=O) groups is 1. The number of nitrogens with zero attached hydrogens (tertiary/aromatic N) is 1. The summed E-state index contributed by atoms with van der Waals surface area (Å²) in [7, 11) is 1.97. The van der Waals surface area contributed by atoms with Crippen LogP contribution in [0.15, 0.2) is 47.1 Å². The molecule has 1 aromatic carbocycles. The molecular weight excluding hydrogens is 306 g/mol. The number of hydrogen-bond acceptors (Lipinski definition) is 4. The minimum atomic E-state index is -0.742. The molecule has 0 unspecified atom stereocenters. The van der Waals surface area contributed by atoms with Crippen LogP contribution in [-0.4, -0.2) is 30.8 Å². The van der Waals surface area contributed by atoms with Crippen molar-refractivity contribution in [2.24, 2.45) is 0 Å². The number of anilines is 2. The van der Waals surface area contributed by atoms with Crippen molar-refractivity contribution in [2.75, 3.05) is 23.8 Å². The normalized spacial score (nSPS) is 13.2. The van der Waals surface area contributed by atoms with Crippen LogP contribution >= 0.6 is 0 Å². The van der Waals surface area contributed by atoms with Crippen molar-refractivity contribution in [3.63, 3.8) is 0 Å². The van der Waals surface area contributed by atoms with Gasteiger partial charge in [-0.05, 0) is 38.1 Å². The summed E-state index contributed by atoms with van der Waals surface area (Å²) < 4.78 is 5.17. The van der Waals surface area contributed by atoms with E-state index < -0.39 is 6.10 Å². The molecule has 2 atom stereocenters. The van der Waals surface area contributed by atoms with Crippen LogP contribution in [0.3, 0.4) is 0 Å². The van der Waals surface area contributed by atoms with E-state index >= 15 is 0 Å². The summed E-state index contributed by atoms with van der Waals surface area (Å²) in [6.07, 6.45) is 1.15. The van der Waals surface area contributed by atoms with Crippen molar-refractivity contribution < 1.29 is 14.3 Å². The summed E-state index contributed by atoms with van der Waals surface area (Å²) in [6.45, 7) is 4.73. The number of benzene rings is 1. The summed E-state index contributed by atoms with van der Waals surface area (Å²) in [5, 5.41) is 15.8. The molecule has 0 bridgehead atoms. The van der Waals surface area contributed by atoms with E-state index in [2.05, 4.69) is 22.5 Å². The number of furan rings is 1. The molecule has 24 heavy (non-hydrogen) atoms. The van der Waals surface area contributed by atoms with Crippen LogP contribution in [0.4, 0.5) is 16.2 Å². The largest absolute Gasteiger partial charge is 0.467 e. The summed E-state index contributed by atoms with van der Waals surface area (Å²) in [4.78, 5) is 14.3. The molecule has 0 radical (unpaired) electrons. The molecule has 2 aromatic rings. The third kappa shape index (κ3) is 4.76. The number of aliphatic hydroxyl groups is 1. The molecule has 2 rings (SSSR count). The van der Waals surface area contributed by atoms with Crippen molar-refractivity contribution in [3.8, 4) is 0 Å². The fraction of sp³-hybridized carbons (Fsp3) is 0.389. The fourth-order valence-corrected chi connectivity index (χ4v) is 2.46. The molecule has 0 saturated carbocycles. The van der Waals surface area contributed by atoms with Crippen LogP contribution < -0.4 is 15.5 Å². The molecule has 130 valence electrons. The van der Waals surface area contributed by atoms with Crippen LogP contribution in [0.1, 0.15) is 32.1 Å². The van der Waals surface area contributed by atoms with Gasteiger partial charge in [-0.25, -0.2) is 4.79 Å². The van der Waals surface area contributed by atoms with E-state index in [4.69, 9.17) is 4.42 Å². The Hall–Kier alpha value is -2.47. The lowest BCUT2D eigenvalue weighted by Gasteiger charge is -2.22. The molecule has 0 aliphatic rings. The first kappa shape index (κ1) is 17.9. The minimum absolute atomic E-state index is 0.207. The predicted octanol–water partition coefficient (Wildman–Crippen LogP) is 3.37. The highest BCUT2D eigenvalue weighted by Gasteiger charge is 2.17. The Kier molecular flexibility index (Phi) is 6.26. The van der Waals surface area contributed by atoms with E-state index in [1.165, 1.54) is 6.26 Å². The molecule has 6 nitrogen and oxygen atoms in total. The lowest BCUT2D eigenvalue weighted by atomic mass is 10.1. The van der Waals surface area contributed by atoms with Gasteiger partial charge in [0.15, 0.2) is 0 Å². The van der Waals surface area contributed by atoms with Gasteiger partial charge in [-0.2, -0.15) is 0 Å². The van der Waals surface area contributed by atoms with Crippen LogP contribution in [0.25, 0.3) is 0 Å². The van der Waals surface area contributed by atoms with Crippen LogP contribution in [0.2, 0.25) is 0 Å². The van der Waals surface area contributed by atoms with Gasteiger partial charge in [0, 0.05) is 26.1 Å². The first-order chi connectivity index (χ1) is 11.5. The number of hydrogen-bond donors (Lipinski definition) is 3. The number of carbonyl (C=O) groups excluding carboxylic acids is 1. The van der Waals surface area contributed by atoms with E-state index in [9.17, 15) is 9.90 Å². The molecule has 1 aromatic heterocycles. The van der Waals surface area contributed by atoms with Crippen molar-refractivity contribution >= 4 is 17.4 Å². The summed E-state index contributed by atoms with van der Waals surface area (Å²) >= 11 is 0. The Morgan fingerprint density at radius 3 is 2.71 bits per heavy atom. The van der Waals surface area contributed by atoms with Crippen molar-refractivity contribution in [1.29, 1.82) is 0 Å². The average molecular weight is 331 g/mol. The first-order valence-electron chi connectivity index (χ1n) is 8.10. The second kappa shape index (κ2) is 8.40. The number of amides is 2. The Morgan fingerprint density at radius 2 is 2.04 bits per heavy atom. The smallest absolute Gasteiger partial charge is 0.319 e. The number of aliphatic hydroxyl groups excluding tert-OH is 1. The molecule has 0 saturated heterocycles. The molecule has 0 aliphatic heterocycles. The first-order valence-corrected chi connectivity index (χ1v) is 8.10. The quantitative estimate of drug-likeness (QED) is 0.727. The standard InChI is InChI=1S/C18H25N3O3/c1-4-21(3)15-9-6-5-8-14(15)20-18(23)19-13(2)12-16(22)17-10-7-11-24-17/h5-11,13,16,22H,4,12H2,1-3H3,(H2,19,20,23)/t13-,16+/m1/s1. The third-order valence-electron chi connectivity index (χ3n) is 3.86. The Bertz CT molecular complexity index is 643. The highest BCUT2D eigenvalue weighted by molar-refractivity contribution is 5.93. The summed E-state index contributed by atoms with van der Waals surface area (Å²) in [5.41, 5.74) is 1.71. The van der Waals surface area contributed by atoms with Crippen LogP contribution in [-0.2, 0) is 0 Å². The maximum absolute atomic E-state index is 12.2. The van der Waals surface area contributed by atoms with Crippen molar-refractivity contribution in [2.45, 2.75) is 32.4 Å². The topological polar surface area (TPSA) is 77.7 Å².